The lowest BCUT2D eigenvalue weighted by Crippen LogP contribution is -2.42. The van der Waals surface area contributed by atoms with Crippen molar-refractivity contribution in [2.45, 2.75) is 38.8 Å². The van der Waals surface area contributed by atoms with Crippen molar-refractivity contribution in [1.29, 1.82) is 0 Å². The number of thiocarbonyl (C=S) groups is 1. The Morgan fingerprint density at radius 2 is 2.04 bits per heavy atom. The molecule has 1 atom stereocenters. The number of aryl methyl sites for hydroxylation is 1. The van der Waals surface area contributed by atoms with Gasteiger partial charge in [0.1, 0.15) is 23.7 Å². The molecule has 27 heavy (non-hydrogen) atoms. The Balaban J connectivity index is 1.68. The highest BCUT2D eigenvalue weighted by Gasteiger charge is 2.34. The summed E-state index contributed by atoms with van der Waals surface area (Å²) in [4.78, 5) is 0. The van der Waals surface area contributed by atoms with Crippen LogP contribution in [-0.2, 0) is 0 Å². The summed E-state index contributed by atoms with van der Waals surface area (Å²) in [5, 5.41) is 7.29. The minimum atomic E-state index is -0.250. The topological polar surface area (TPSA) is 42.5 Å². The van der Waals surface area contributed by atoms with Gasteiger partial charge in [0.05, 0.1) is 6.04 Å². The number of rotatable bonds is 5. The first kappa shape index (κ1) is 19.2. The minimum absolute atomic E-state index is 0.0962. The van der Waals surface area contributed by atoms with Gasteiger partial charge < -0.3 is 20.1 Å². The maximum absolute atomic E-state index is 6.13. The maximum atomic E-state index is 6.13. The molecule has 0 radical (unpaired) electrons. The van der Waals surface area contributed by atoms with E-state index in [0.717, 1.165) is 29.2 Å². The van der Waals surface area contributed by atoms with Crippen molar-refractivity contribution >= 4 is 23.0 Å². The molecule has 0 fully saturated rings. The smallest absolute Gasteiger partial charge is 0.171 e. The van der Waals surface area contributed by atoms with Crippen LogP contribution in [0.15, 0.2) is 55.1 Å². The largest absolute Gasteiger partial charge is 0.490 e. The van der Waals surface area contributed by atoms with Gasteiger partial charge in [-0.3, -0.25) is 0 Å². The van der Waals surface area contributed by atoms with E-state index in [1.54, 1.807) is 6.08 Å². The molecule has 4 nitrogen and oxygen atoms in total. The molecule has 0 unspecified atom stereocenters. The fraction of sp³-hybridized carbons (Fsp3) is 0.318. The van der Waals surface area contributed by atoms with Crippen molar-refractivity contribution in [2.75, 3.05) is 11.9 Å². The Morgan fingerprint density at radius 3 is 2.74 bits per heavy atom. The number of nitrogens with one attached hydrogen (secondary N) is 2. The molecular weight excluding hydrogens is 356 g/mol. The van der Waals surface area contributed by atoms with E-state index in [0.29, 0.717) is 11.7 Å². The van der Waals surface area contributed by atoms with Gasteiger partial charge in [-0.1, -0.05) is 30.4 Å². The summed E-state index contributed by atoms with van der Waals surface area (Å²) in [7, 11) is 0. The molecule has 5 heteroatoms. The van der Waals surface area contributed by atoms with Crippen LogP contribution in [-0.4, -0.2) is 17.3 Å². The van der Waals surface area contributed by atoms with Crippen molar-refractivity contribution in [3.8, 4) is 11.5 Å². The van der Waals surface area contributed by atoms with Crippen molar-refractivity contribution in [1.82, 2.24) is 5.32 Å². The van der Waals surface area contributed by atoms with E-state index in [2.05, 4.69) is 50.1 Å². The molecule has 1 heterocycles. The van der Waals surface area contributed by atoms with Gasteiger partial charge in [0.25, 0.3) is 0 Å². The van der Waals surface area contributed by atoms with E-state index < -0.39 is 0 Å². The third-order valence-electron chi connectivity index (χ3n) is 4.41. The summed E-state index contributed by atoms with van der Waals surface area (Å²) >= 11 is 5.55. The number of hydrogen-bond donors (Lipinski definition) is 2. The van der Waals surface area contributed by atoms with Crippen LogP contribution in [0.5, 0.6) is 11.5 Å². The average Bonchev–Trinajstić information content (AvgIpc) is 2.61. The monoisotopic (exact) mass is 382 g/mol. The van der Waals surface area contributed by atoms with Gasteiger partial charge in [0, 0.05) is 17.7 Å². The molecular formula is C22H26N2O2S. The third kappa shape index (κ3) is 5.01. The molecule has 0 saturated carbocycles. The molecule has 1 aliphatic heterocycles. The lowest BCUT2D eigenvalue weighted by Gasteiger charge is -2.38. The second-order valence-corrected chi connectivity index (χ2v) is 7.79. The number of benzene rings is 2. The molecule has 0 saturated heterocycles. The van der Waals surface area contributed by atoms with Gasteiger partial charge in [-0.2, -0.15) is 0 Å². The van der Waals surface area contributed by atoms with E-state index >= 15 is 0 Å². The summed E-state index contributed by atoms with van der Waals surface area (Å²) in [6.07, 6.45) is 2.56. The Kier molecular flexibility index (Phi) is 5.71. The lowest BCUT2D eigenvalue weighted by molar-refractivity contribution is 0.0696. The van der Waals surface area contributed by atoms with Crippen molar-refractivity contribution in [3.05, 3.63) is 66.2 Å². The van der Waals surface area contributed by atoms with Crippen LogP contribution in [0.1, 0.15) is 37.4 Å². The lowest BCUT2D eigenvalue weighted by atomic mass is 9.89. The SMILES string of the molecule is C=CCOc1ccc(NC(=S)N[C@H]2CC(C)(C)Oc3ccc(C)cc32)cc1. The molecule has 2 aromatic carbocycles. The summed E-state index contributed by atoms with van der Waals surface area (Å²) in [5.41, 5.74) is 3.01. The fourth-order valence-corrected chi connectivity index (χ4v) is 3.48. The molecule has 0 aliphatic carbocycles. The highest BCUT2D eigenvalue weighted by atomic mass is 32.1. The molecule has 3 rings (SSSR count). The second kappa shape index (κ2) is 8.01. The van der Waals surface area contributed by atoms with Crippen LogP contribution in [0.3, 0.4) is 0 Å². The van der Waals surface area contributed by atoms with E-state index in [-0.39, 0.29) is 11.6 Å². The molecule has 1 aliphatic rings. The van der Waals surface area contributed by atoms with Gasteiger partial charge in [-0.05, 0) is 63.3 Å². The number of fused-ring (bicyclic) bond motifs is 1. The van der Waals surface area contributed by atoms with Gasteiger partial charge in [-0.25, -0.2) is 0 Å². The van der Waals surface area contributed by atoms with E-state index in [1.165, 1.54) is 5.56 Å². The standard InChI is InChI=1S/C22H26N2O2S/c1-5-12-25-17-9-7-16(8-10-17)23-21(27)24-19-14-22(3,4)26-20-11-6-15(2)13-18(19)20/h5-11,13,19H,1,12,14H2,2-4H3,(H2,23,24,27)/t19-/m0/s1. The fourth-order valence-electron chi connectivity index (χ4n) is 3.22. The predicted molar refractivity (Wildman–Crippen MR) is 115 cm³/mol. The zero-order valence-corrected chi connectivity index (χ0v) is 16.9. The third-order valence-corrected chi connectivity index (χ3v) is 4.63. The van der Waals surface area contributed by atoms with Crippen LogP contribution < -0.4 is 20.1 Å². The first-order valence-corrected chi connectivity index (χ1v) is 9.48. The van der Waals surface area contributed by atoms with E-state index in [9.17, 15) is 0 Å². The zero-order chi connectivity index (χ0) is 19.4. The maximum Gasteiger partial charge on any atom is 0.171 e. The second-order valence-electron chi connectivity index (χ2n) is 7.38. The normalized spacial score (nSPS) is 17.2. The van der Waals surface area contributed by atoms with Crippen molar-refractivity contribution < 1.29 is 9.47 Å². The molecule has 142 valence electrons. The molecule has 2 N–H and O–H groups in total. The Morgan fingerprint density at radius 1 is 1.30 bits per heavy atom. The highest BCUT2D eigenvalue weighted by molar-refractivity contribution is 7.80. The Bertz CT molecular complexity index is 831. The molecule has 0 aromatic heterocycles. The van der Waals surface area contributed by atoms with Crippen LogP contribution in [0.4, 0.5) is 5.69 Å². The first-order chi connectivity index (χ1) is 12.9. The predicted octanol–water partition coefficient (Wildman–Crippen LogP) is 5.15. The number of hydrogen-bond acceptors (Lipinski definition) is 3. The minimum Gasteiger partial charge on any atom is -0.490 e. The summed E-state index contributed by atoms with van der Waals surface area (Å²) in [5.74, 6) is 1.72. The van der Waals surface area contributed by atoms with Crippen molar-refractivity contribution in [2.24, 2.45) is 0 Å². The van der Waals surface area contributed by atoms with Gasteiger partial charge in [-0.15, -0.1) is 0 Å². The first-order valence-electron chi connectivity index (χ1n) is 9.07. The molecule has 2 aromatic rings. The average molecular weight is 383 g/mol. The summed E-state index contributed by atoms with van der Waals surface area (Å²) in [6, 6.07) is 14.1. The van der Waals surface area contributed by atoms with E-state index in [1.807, 2.05) is 30.3 Å². The Hall–Kier alpha value is -2.53. The van der Waals surface area contributed by atoms with Crippen LogP contribution in [0, 0.1) is 6.92 Å². The van der Waals surface area contributed by atoms with Gasteiger partial charge >= 0.3 is 0 Å². The molecule has 0 amide bonds. The highest BCUT2D eigenvalue weighted by Crippen LogP contribution is 2.39. The zero-order valence-electron chi connectivity index (χ0n) is 16.0. The van der Waals surface area contributed by atoms with Crippen LogP contribution >= 0.6 is 12.2 Å². The van der Waals surface area contributed by atoms with Crippen molar-refractivity contribution in [3.63, 3.8) is 0 Å². The summed E-state index contributed by atoms with van der Waals surface area (Å²) in [6.45, 7) is 10.4. The van der Waals surface area contributed by atoms with Crippen LogP contribution in [0.25, 0.3) is 0 Å². The number of ether oxygens (including phenoxy) is 2. The van der Waals surface area contributed by atoms with Gasteiger partial charge in [0.15, 0.2) is 5.11 Å². The molecule has 0 spiro atoms. The summed E-state index contributed by atoms with van der Waals surface area (Å²) < 4.78 is 11.6. The molecule has 0 bridgehead atoms. The van der Waals surface area contributed by atoms with Crippen LogP contribution in [0.2, 0.25) is 0 Å². The Labute approximate surface area is 166 Å². The number of anilines is 1. The quantitative estimate of drug-likeness (QED) is 0.553. The van der Waals surface area contributed by atoms with E-state index in [4.69, 9.17) is 21.7 Å². The van der Waals surface area contributed by atoms with Gasteiger partial charge in [0.2, 0.25) is 0 Å².